The number of carbonyl (C=O) groups is 4. The number of anilines is 1. The lowest BCUT2D eigenvalue weighted by atomic mass is 10.2. The molecule has 2 saturated heterocycles. The zero-order valence-corrected chi connectivity index (χ0v) is 19.1. The molecule has 2 fully saturated rings. The average Bonchev–Trinajstić information content (AvgIpc) is 3.17. The van der Waals surface area contributed by atoms with Crippen molar-refractivity contribution in [2.24, 2.45) is 10.9 Å². The summed E-state index contributed by atoms with van der Waals surface area (Å²) in [6.07, 6.45) is -0.183. The number of nitrogens with two attached hydrogens (primary N) is 1. The van der Waals surface area contributed by atoms with Gasteiger partial charge in [0.1, 0.15) is 12.1 Å². The van der Waals surface area contributed by atoms with Crippen LogP contribution in [0.3, 0.4) is 0 Å². The van der Waals surface area contributed by atoms with Crippen LogP contribution < -0.4 is 21.3 Å². The number of urea groups is 1. The molecule has 0 radical (unpaired) electrons. The van der Waals surface area contributed by atoms with Gasteiger partial charge >= 0.3 is 18.1 Å². The van der Waals surface area contributed by atoms with E-state index in [2.05, 4.69) is 20.7 Å². The molecule has 4 amide bonds. The van der Waals surface area contributed by atoms with Gasteiger partial charge < -0.3 is 36.2 Å². The Kier molecular flexibility index (Phi) is 7.89. The number of nitrogens with zero attached hydrogens (tertiary/aromatic N) is 4. The maximum Gasteiger partial charge on any atom is 0.436 e. The average molecular weight is 476 g/mol. The summed E-state index contributed by atoms with van der Waals surface area (Å²) in [5.74, 6) is -1.47. The van der Waals surface area contributed by atoms with Crippen molar-refractivity contribution in [3.63, 3.8) is 0 Å². The Morgan fingerprint density at radius 3 is 2.41 bits per heavy atom. The molecule has 0 bridgehead atoms. The molecular formula is C21H29N7O6. The summed E-state index contributed by atoms with van der Waals surface area (Å²) in [6, 6.07) is 4.08. The third-order valence-corrected chi connectivity index (χ3v) is 5.69. The molecule has 0 saturated carbocycles. The number of aliphatic carboxylic acids is 1. The molecule has 184 valence electrons. The molecule has 5 N–H and O–H groups in total. The number of carboxylic acid groups (broad SMARTS) is 1. The summed E-state index contributed by atoms with van der Waals surface area (Å²) in [5, 5.41) is 17.3. The van der Waals surface area contributed by atoms with Gasteiger partial charge in [0.05, 0.1) is 0 Å². The van der Waals surface area contributed by atoms with Crippen LogP contribution >= 0.6 is 0 Å². The number of carbonyl (C=O) groups excluding carboxylic acids is 3. The first-order valence-electron chi connectivity index (χ1n) is 10.8. The summed E-state index contributed by atoms with van der Waals surface area (Å²) in [6.45, 7) is 4.33. The van der Waals surface area contributed by atoms with Crippen LogP contribution in [0.4, 0.5) is 15.3 Å². The first-order valence-corrected chi connectivity index (χ1v) is 10.8. The van der Waals surface area contributed by atoms with Gasteiger partial charge in [0.25, 0.3) is 0 Å². The molecule has 0 aliphatic carbocycles. The molecule has 2 atom stereocenters. The van der Waals surface area contributed by atoms with Crippen LogP contribution in [0.15, 0.2) is 29.4 Å². The van der Waals surface area contributed by atoms with E-state index in [1.165, 1.54) is 11.8 Å². The van der Waals surface area contributed by atoms with E-state index in [1.54, 1.807) is 29.2 Å². The third kappa shape index (κ3) is 6.13. The van der Waals surface area contributed by atoms with E-state index in [0.29, 0.717) is 37.3 Å². The van der Waals surface area contributed by atoms with Gasteiger partial charge in [-0.2, -0.15) is 0 Å². The van der Waals surface area contributed by atoms with Crippen LogP contribution in [-0.4, -0.2) is 96.6 Å². The summed E-state index contributed by atoms with van der Waals surface area (Å²) >= 11 is 0. The van der Waals surface area contributed by atoms with E-state index < -0.39 is 30.2 Å². The maximum absolute atomic E-state index is 12.7. The number of amidine groups is 1. The topological polar surface area (TPSA) is 170 Å². The van der Waals surface area contributed by atoms with Crippen molar-refractivity contribution in [1.29, 1.82) is 0 Å². The Morgan fingerprint density at radius 1 is 1.15 bits per heavy atom. The number of oxime groups is 1. The molecule has 1 aromatic rings. The quantitative estimate of drug-likeness (QED) is 0.186. The van der Waals surface area contributed by atoms with Gasteiger partial charge in [0.2, 0.25) is 5.91 Å². The highest BCUT2D eigenvalue weighted by molar-refractivity contribution is 6.02. The van der Waals surface area contributed by atoms with Crippen molar-refractivity contribution in [1.82, 2.24) is 20.4 Å². The summed E-state index contributed by atoms with van der Waals surface area (Å²) in [7, 11) is 1.98. The minimum atomic E-state index is -1.17. The van der Waals surface area contributed by atoms with Crippen LogP contribution in [0.25, 0.3) is 0 Å². The molecule has 0 spiro atoms. The standard InChI is InChI=1S/C21H29N7O6/c1-13(19(30)31)23-20(32)24-16-7-8-28(18(16)29)15-5-3-14(4-6-15)17(22)25-34-21(33)27-11-9-26(2)10-12-27/h3-6,13,16H,7-12H2,1-2H3,(H2,22,25)(H,30,31)(H2,23,24,32)/t13-,16-/m0/s1. The number of rotatable bonds is 6. The normalized spacial score (nSPS) is 20.1. The number of likely N-dealkylation sites (N-methyl/N-ethyl adjacent to an activating group) is 1. The predicted molar refractivity (Wildman–Crippen MR) is 122 cm³/mol. The zero-order valence-electron chi connectivity index (χ0n) is 19.1. The second kappa shape index (κ2) is 10.8. The first kappa shape index (κ1) is 24.8. The van der Waals surface area contributed by atoms with Crippen molar-refractivity contribution in [2.45, 2.75) is 25.4 Å². The van der Waals surface area contributed by atoms with Gasteiger partial charge in [0, 0.05) is 44.0 Å². The molecule has 34 heavy (non-hydrogen) atoms. The van der Waals surface area contributed by atoms with Gasteiger partial charge in [-0.25, -0.2) is 9.59 Å². The third-order valence-electron chi connectivity index (χ3n) is 5.69. The summed E-state index contributed by atoms with van der Waals surface area (Å²) in [4.78, 5) is 57.7. The second-order valence-corrected chi connectivity index (χ2v) is 8.18. The van der Waals surface area contributed by atoms with Crippen molar-refractivity contribution < 1.29 is 29.1 Å². The van der Waals surface area contributed by atoms with Crippen molar-refractivity contribution in [2.75, 3.05) is 44.7 Å². The highest BCUT2D eigenvalue weighted by Crippen LogP contribution is 2.22. The van der Waals surface area contributed by atoms with Crippen LogP contribution in [-0.2, 0) is 14.4 Å². The van der Waals surface area contributed by atoms with Crippen LogP contribution in [0.2, 0.25) is 0 Å². The smallest absolute Gasteiger partial charge is 0.436 e. The molecule has 2 aliphatic rings. The predicted octanol–water partition coefficient (Wildman–Crippen LogP) is -0.431. The van der Waals surface area contributed by atoms with E-state index in [9.17, 15) is 19.2 Å². The number of carboxylic acids is 1. The molecule has 0 aromatic heterocycles. The fourth-order valence-corrected chi connectivity index (χ4v) is 3.53. The van der Waals surface area contributed by atoms with Gasteiger partial charge in [-0.05, 0) is 44.7 Å². The Hall–Kier alpha value is -3.87. The Balaban J connectivity index is 1.54. The van der Waals surface area contributed by atoms with Crippen molar-refractivity contribution >= 4 is 35.5 Å². The van der Waals surface area contributed by atoms with E-state index >= 15 is 0 Å². The monoisotopic (exact) mass is 475 g/mol. The Labute approximate surface area is 196 Å². The summed E-state index contributed by atoms with van der Waals surface area (Å²) < 4.78 is 0. The Morgan fingerprint density at radius 2 is 1.79 bits per heavy atom. The lowest BCUT2D eigenvalue weighted by molar-refractivity contribution is -0.138. The number of amides is 4. The number of piperazine rings is 1. The van der Waals surface area contributed by atoms with Gasteiger partial charge in [-0.1, -0.05) is 5.16 Å². The summed E-state index contributed by atoms with van der Waals surface area (Å²) in [5.41, 5.74) is 7.04. The van der Waals surface area contributed by atoms with Gasteiger partial charge in [-0.3, -0.25) is 14.4 Å². The van der Waals surface area contributed by atoms with Crippen molar-refractivity contribution in [3.8, 4) is 0 Å². The lowest BCUT2D eigenvalue weighted by Gasteiger charge is -2.30. The SMILES string of the molecule is C[C@H](NC(=O)N[C@H]1CCN(c2ccc(C(N)=NOC(=O)N3CCN(C)CC3)cc2)C1=O)C(=O)O. The molecule has 13 heteroatoms. The second-order valence-electron chi connectivity index (χ2n) is 8.18. The van der Waals surface area contributed by atoms with E-state index in [1.807, 2.05) is 7.05 Å². The number of benzene rings is 1. The molecule has 13 nitrogen and oxygen atoms in total. The Bertz CT molecular complexity index is 959. The highest BCUT2D eigenvalue weighted by Gasteiger charge is 2.34. The molecule has 3 rings (SSSR count). The molecule has 0 unspecified atom stereocenters. The minimum Gasteiger partial charge on any atom is -0.480 e. The van der Waals surface area contributed by atoms with Gasteiger partial charge in [0.15, 0.2) is 5.84 Å². The minimum absolute atomic E-state index is 0.0190. The zero-order chi connectivity index (χ0) is 24.8. The molecule has 2 aliphatic heterocycles. The van der Waals surface area contributed by atoms with Gasteiger partial charge in [-0.15, -0.1) is 0 Å². The van der Waals surface area contributed by atoms with Crippen molar-refractivity contribution in [3.05, 3.63) is 29.8 Å². The van der Waals surface area contributed by atoms with E-state index in [-0.39, 0.29) is 11.7 Å². The van der Waals surface area contributed by atoms with Crippen LogP contribution in [0.1, 0.15) is 18.9 Å². The van der Waals surface area contributed by atoms with Crippen LogP contribution in [0, 0.1) is 0 Å². The highest BCUT2D eigenvalue weighted by atomic mass is 16.7. The number of hydrogen-bond donors (Lipinski definition) is 4. The lowest BCUT2D eigenvalue weighted by Crippen LogP contribution is -2.50. The largest absolute Gasteiger partial charge is 0.480 e. The maximum atomic E-state index is 12.7. The molecular weight excluding hydrogens is 446 g/mol. The fraction of sp³-hybridized carbons (Fsp3) is 0.476. The fourth-order valence-electron chi connectivity index (χ4n) is 3.53. The van der Waals surface area contributed by atoms with E-state index in [0.717, 1.165) is 13.1 Å². The van der Waals surface area contributed by atoms with E-state index in [4.69, 9.17) is 15.7 Å². The van der Waals surface area contributed by atoms with Crippen LogP contribution in [0.5, 0.6) is 0 Å². The molecule has 1 aromatic carbocycles. The number of hydrogen-bond acceptors (Lipinski definition) is 7. The molecule has 2 heterocycles. The number of nitrogens with one attached hydrogen (secondary N) is 2. The first-order chi connectivity index (χ1) is 16.2.